The number of amides is 1. The van der Waals surface area contributed by atoms with Gasteiger partial charge in [-0.25, -0.2) is 0 Å². The summed E-state index contributed by atoms with van der Waals surface area (Å²) in [7, 11) is 0. The van der Waals surface area contributed by atoms with Crippen molar-refractivity contribution in [2.24, 2.45) is 0 Å². The second-order valence-corrected chi connectivity index (χ2v) is 6.36. The first kappa shape index (κ1) is 13.4. The maximum Gasteiger partial charge on any atom is 0.224 e. The van der Waals surface area contributed by atoms with Crippen LogP contribution in [0, 0.1) is 6.92 Å². The highest BCUT2D eigenvalue weighted by Crippen LogP contribution is 2.35. The van der Waals surface area contributed by atoms with E-state index in [4.69, 9.17) is 0 Å². The highest BCUT2D eigenvalue weighted by molar-refractivity contribution is 5.93. The Balaban J connectivity index is 1.61. The third kappa shape index (κ3) is 2.37. The van der Waals surface area contributed by atoms with Gasteiger partial charge in [-0.15, -0.1) is 0 Å². The van der Waals surface area contributed by atoms with Crippen LogP contribution in [0.25, 0.3) is 0 Å². The first-order chi connectivity index (χ1) is 10.7. The molecule has 0 aliphatic carbocycles. The summed E-state index contributed by atoms with van der Waals surface area (Å²) in [5.74, 6) is 0.125. The maximum absolute atomic E-state index is 11.5. The molecule has 2 heterocycles. The molecule has 2 aliphatic heterocycles. The van der Waals surface area contributed by atoms with Crippen LogP contribution in [0.15, 0.2) is 36.4 Å². The van der Waals surface area contributed by atoms with Crippen LogP contribution in [0.4, 0.5) is 11.4 Å². The third-order valence-electron chi connectivity index (χ3n) is 4.72. The summed E-state index contributed by atoms with van der Waals surface area (Å²) in [6.07, 6.45) is 3.66. The van der Waals surface area contributed by atoms with Crippen molar-refractivity contribution in [3.8, 4) is 0 Å². The summed E-state index contributed by atoms with van der Waals surface area (Å²) in [5, 5.41) is 6.62. The van der Waals surface area contributed by atoms with Crippen molar-refractivity contribution in [2.75, 3.05) is 10.6 Å². The average Bonchev–Trinajstić information content (AvgIpc) is 2.54. The van der Waals surface area contributed by atoms with Gasteiger partial charge in [-0.05, 0) is 55.0 Å². The van der Waals surface area contributed by atoms with Crippen LogP contribution in [-0.4, -0.2) is 5.91 Å². The van der Waals surface area contributed by atoms with Gasteiger partial charge in [-0.3, -0.25) is 4.79 Å². The van der Waals surface area contributed by atoms with Crippen molar-refractivity contribution < 1.29 is 4.79 Å². The second kappa shape index (κ2) is 5.16. The van der Waals surface area contributed by atoms with Crippen molar-refractivity contribution in [1.82, 2.24) is 0 Å². The minimum atomic E-state index is 0.125. The lowest BCUT2D eigenvalue weighted by molar-refractivity contribution is -0.116. The predicted octanol–water partition coefficient (Wildman–Crippen LogP) is 3.98. The Morgan fingerprint density at radius 3 is 2.68 bits per heavy atom. The van der Waals surface area contributed by atoms with E-state index in [1.165, 1.54) is 27.9 Å². The first-order valence-corrected chi connectivity index (χ1v) is 7.98. The van der Waals surface area contributed by atoms with Crippen LogP contribution in [0.5, 0.6) is 0 Å². The Morgan fingerprint density at radius 2 is 1.77 bits per heavy atom. The molecule has 2 aromatic rings. The SMILES string of the molecule is Cc1ccc2c(c1)CCC(c1ccc3c(c1)CCC(=O)N3)N2. The van der Waals surface area contributed by atoms with E-state index in [1.807, 2.05) is 6.07 Å². The molecule has 0 saturated carbocycles. The van der Waals surface area contributed by atoms with E-state index >= 15 is 0 Å². The molecule has 112 valence electrons. The van der Waals surface area contributed by atoms with Gasteiger partial charge in [-0.1, -0.05) is 29.8 Å². The molecule has 1 unspecified atom stereocenters. The fourth-order valence-corrected chi connectivity index (χ4v) is 3.50. The molecule has 0 radical (unpaired) electrons. The van der Waals surface area contributed by atoms with Crippen molar-refractivity contribution in [1.29, 1.82) is 0 Å². The lowest BCUT2D eigenvalue weighted by atomic mass is 9.90. The molecule has 3 nitrogen and oxygen atoms in total. The summed E-state index contributed by atoms with van der Waals surface area (Å²) in [5.41, 5.74) is 7.56. The molecule has 2 N–H and O–H groups in total. The van der Waals surface area contributed by atoms with Crippen LogP contribution in [-0.2, 0) is 17.6 Å². The van der Waals surface area contributed by atoms with E-state index in [9.17, 15) is 4.79 Å². The molecule has 0 spiro atoms. The predicted molar refractivity (Wildman–Crippen MR) is 89.3 cm³/mol. The zero-order valence-corrected chi connectivity index (χ0v) is 12.8. The van der Waals surface area contributed by atoms with Gasteiger partial charge in [0.1, 0.15) is 0 Å². The number of carbonyl (C=O) groups excluding carboxylic acids is 1. The van der Waals surface area contributed by atoms with Gasteiger partial charge in [0.25, 0.3) is 0 Å². The van der Waals surface area contributed by atoms with Gasteiger partial charge >= 0.3 is 0 Å². The number of fused-ring (bicyclic) bond motifs is 2. The van der Waals surface area contributed by atoms with Gasteiger partial charge in [0.15, 0.2) is 0 Å². The Hall–Kier alpha value is -2.29. The van der Waals surface area contributed by atoms with E-state index in [-0.39, 0.29) is 5.91 Å². The molecule has 0 aromatic heterocycles. The topological polar surface area (TPSA) is 41.1 Å². The Bertz CT molecular complexity index is 751. The van der Waals surface area contributed by atoms with Gasteiger partial charge in [0.05, 0.1) is 6.04 Å². The maximum atomic E-state index is 11.5. The highest BCUT2D eigenvalue weighted by atomic mass is 16.1. The van der Waals surface area contributed by atoms with E-state index < -0.39 is 0 Å². The average molecular weight is 292 g/mol. The van der Waals surface area contributed by atoms with Crippen molar-refractivity contribution in [3.63, 3.8) is 0 Å². The Labute approximate surface area is 130 Å². The molecule has 22 heavy (non-hydrogen) atoms. The van der Waals surface area contributed by atoms with Crippen LogP contribution >= 0.6 is 0 Å². The number of rotatable bonds is 1. The molecule has 2 aliphatic rings. The largest absolute Gasteiger partial charge is 0.378 e. The fraction of sp³-hybridized carbons (Fsp3) is 0.316. The summed E-state index contributed by atoms with van der Waals surface area (Å²) >= 11 is 0. The molecule has 0 fully saturated rings. The van der Waals surface area contributed by atoms with Crippen molar-refractivity contribution in [2.45, 2.75) is 38.6 Å². The fourth-order valence-electron chi connectivity index (χ4n) is 3.50. The van der Waals surface area contributed by atoms with E-state index in [2.05, 4.69) is 47.9 Å². The summed E-state index contributed by atoms with van der Waals surface area (Å²) < 4.78 is 0. The van der Waals surface area contributed by atoms with Gasteiger partial charge in [-0.2, -0.15) is 0 Å². The number of hydrogen-bond donors (Lipinski definition) is 2. The molecule has 3 heteroatoms. The minimum absolute atomic E-state index is 0.125. The third-order valence-corrected chi connectivity index (χ3v) is 4.72. The van der Waals surface area contributed by atoms with Crippen LogP contribution < -0.4 is 10.6 Å². The van der Waals surface area contributed by atoms with Crippen LogP contribution in [0.2, 0.25) is 0 Å². The highest BCUT2D eigenvalue weighted by Gasteiger charge is 2.21. The van der Waals surface area contributed by atoms with Crippen molar-refractivity contribution in [3.05, 3.63) is 58.7 Å². The molecule has 0 bridgehead atoms. The van der Waals surface area contributed by atoms with Gasteiger partial charge in [0, 0.05) is 17.8 Å². The molecular weight excluding hydrogens is 272 g/mol. The number of nitrogens with one attached hydrogen (secondary N) is 2. The van der Waals surface area contributed by atoms with Crippen LogP contribution in [0.1, 0.15) is 41.1 Å². The van der Waals surface area contributed by atoms with E-state index in [0.29, 0.717) is 12.5 Å². The zero-order valence-electron chi connectivity index (χ0n) is 12.8. The zero-order chi connectivity index (χ0) is 15.1. The lowest BCUT2D eigenvalue weighted by Gasteiger charge is -2.29. The standard InChI is InChI=1S/C19H20N2O/c1-12-2-6-16-13(10-12)3-7-17(20-16)14-4-8-18-15(11-14)5-9-19(22)21-18/h2,4,6,8,10-11,17,20H,3,5,7,9H2,1H3,(H,21,22). The normalized spacial score (nSPS) is 19.7. The number of hydrogen-bond acceptors (Lipinski definition) is 2. The van der Waals surface area contributed by atoms with E-state index in [0.717, 1.165) is 24.9 Å². The Kier molecular flexibility index (Phi) is 3.14. The Morgan fingerprint density at radius 1 is 0.955 bits per heavy atom. The number of carbonyl (C=O) groups is 1. The summed E-state index contributed by atoms with van der Waals surface area (Å²) in [6, 6.07) is 13.4. The molecule has 1 amide bonds. The molecule has 1 atom stereocenters. The lowest BCUT2D eigenvalue weighted by Crippen LogP contribution is -2.21. The minimum Gasteiger partial charge on any atom is -0.378 e. The monoisotopic (exact) mass is 292 g/mol. The number of anilines is 2. The quantitative estimate of drug-likeness (QED) is 0.834. The van der Waals surface area contributed by atoms with Gasteiger partial charge < -0.3 is 10.6 Å². The number of aryl methyl sites for hydroxylation is 3. The molecule has 2 aromatic carbocycles. The second-order valence-electron chi connectivity index (χ2n) is 6.36. The summed E-state index contributed by atoms with van der Waals surface area (Å²) in [4.78, 5) is 11.5. The first-order valence-electron chi connectivity index (χ1n) is 7.98. The molecular formula is C19H20N2O. The number of benzene rings is 2. The van der Waals surface area contributed by atoms with Gasteiger partial charge in [0.2, 0.25) is 5.91 Å². The van der Waals surface area contributed by atoms with Crippen LogP contribution in [0.3, 0.4) is 0 Å². The summed E-state index contributed by atoms with van der Waals surface area (Å²) in [6.45, 7) is 2.14. The smallest absolute Gasteiger partial charge is 0.224 e. The molecule has 4 rings (SSSR count). The van der Waals surface area contributed by atoms with E-state index in [1.54, 1.807) is 0 Å². The van der Waals surface area contributed by atoms with Crippen molar-refractivity contribution >= 4 is 17.3 Å². The molecule has 0 saturated heterocycles.